The predicted molar refractivity (Wildman–Crippen MR) is 82.8 cm³/mol. The number of carbonyl (C=O) groups excluding carboxylic acids is 1. The average molecular weight is 284 g/mol. The number of rotatable bonds is 5. The number of aliphatic hydroxyl groups is 1. The summed E-state index contributed by atoms with van der Waals surface area (Å²) >= 11 is 0. The minimum Gasteiger partial charge on any atom is -0.394 e. The Kier molecular flexibility index (Phi) is 5.35. The first kappa shape index (κ1) is 15.1. The lowest BCUT2D eigenvalue weighted by molar-refractivity contribution is 0.216. The molecule has 0 spiro atoms. The molecule has 21 heavy (non-hydrogen) atoms. The second kappa shape index (κ2) is 7.45. The van der Waals surface area contributed by atoms with Crippen molar-refractivity contribution in [2.45, 2.75) is 19.5 Å². The summed E-state index contributed by atoms with van der Waals surface area (Å²) in [6, 6.07) is 16.7. The van der Waals surface area contributed by atoms with Crippen LogP contribution in [0.2, 0.25) is 0 Å². The smallest absolute Gasteiger partial charge is 0.315 e. The highest BCUT2D eigenvalue weighted by Gasteiger charge is 2.12. The van der Waals surface area contributed by atoms with Crippen LogP contribution in [0, 0.1) is 6.92 Å². The van der Waals surface area contributed by atoms with E-state index in [1.807, 2.05) is 61.5 Å². The lowest BCUT2D eigenvalue weighted by Crippen LogP contribution is -2.38. The Hall–Kier alpha value is -2.33. The molecule has 0 aliphatic rings. The van der Waals surface area contributed by atoms with Gasteiger partial charge < -0.3 is 15.7 Å². The van der Waals surface area contributed by atoms with Crippen LogP contribution >= 0.6 is 0 Å². The van der Waals surface area contributed by atoms with Crippen molar-refractivity contribution in [3.05, 3.63) is 71.3 Å². The van der Waals surface area contributed by atoms with Gasteiger partial charge in [0, 0.05) is 6.54 Å². The Labute approximate surface area is 124 Å². The zero-order valence-electron chi connectivity index (χ0n) is 12.0. The fourth-order valence-electron chi connectivity index (χ4n) is 2.02. The summed E-state index contributed by atoms with van der Waals surface area (Å²) in [4.78, 5) is 11.9. The van der Waals surface area contributed by atoms with Gasteiger partial charge in [-0.05, 0) is 18.1 Å². The van der Waals surface area contributed by atoms with Crippen molar-refractivity contribution in [3.63, 3.8) is 0 Å². The highest BCUT2D eigenvalue weighted by molar-refractivity contribution is 5.74. The van der Waals surface area contributed by atoms with Gasteiger partial charge in [-0.15, -0.1) is 0 Å². The quantitative estimate of drug-likeness (QED) is 0.790. The summed E-state index contributed by atoms with van der Waals surface area (Å²) in [6.07, 6.45) is 0. The first-order valence-electron chi connectivity index (χ1n) is 6.95. The van der Waals surface area contributed by atoms with Crippen LogP contribution in [-0.2, 0) is 6.54 Å². The van der Waals surface area contributed by atoms with Crippen molar-refractivity contribution in [3.8, 4) is 0 Å². The molecule has 0 radical (unpaired) electrons. The van der Waals surface area contributed by atoms with E-state index in [1.165, 1.54) is 5.56 Å². The molecule has 0 aliphatic carbocycles. The number of nitrogens with one attached hydrogen (secondary N) is 2. The van der Waals surface area contributed by atoms with Crippen LogP contribution in [0.15, 0.2) is 54.6 Å². The Bertz CT molecular complexity index is 567. The number of urea groups is 1. The molecule has 4 nitrogen and oxygen atoms in total. The van der Waals surface area contributed by atoms with Gasteiger partial charge in [-0.1, -0.05) is 60.2 Å². The van der Waals surface area contributed by atoms with E-state index in [1.54, 1.807) is 0 Å². The summed E-state index contributed by atoms with van der Waals surface area (Å²) in [7, 11) is 0. The number of carbonyl (C=O) groups is 1. The molecule has 0 aromatic heterocycles. The van der Waals surface area contributed by atoms with E-state index in [9.17, 15) is 9.90 Å². The van der Waals surface area contributed by atoms with Crippen molar-refractivity contribution in [2.75, 3.05) is 6.61 Å². The molecule has 0 saturated heterocycles. The first-order valence-corrected chi connectivity index (χ1v) is 6.95. The van der Waals surface area contributed by atoms with Crippen molar-refractivity contribution < 1.29 is 9.90 Å². The van der Waals surface area contributed by atoms with Crippen LogP contribution in [-0.4, -0.2) is 17.7 Å². The van der Waals surface area contributed by atoms with E-state index in [0.29, 0.717) is 6.54 Å². The molecule has 3 N–H and O–H groups in total. The zero-order valence-corrected chi connectivity index (χ0v) is 12.0. The predicted octanol–water partition coefficient (Wildman–Crippen LogP) is 2.53. The number of aliphatic hydroxyl groups excluding tert-OH is 1. The van der Waals surface area contributed by atoms with Crippen LogP contribution in [0.3, 0.4) is 0 Å². The van der Waals surface area contributed by atoms with Gasteiger partial charge in [-0.2, -0.15) is 0 Å². The number of amides is 2. The molecule has 2 amide bonds. The number of benzene rings is 2. The summed E-state index contributed by atoms with van der Waals surface area (Å²) < 4.78 is 0. The number of hydrogen-bond donors (Lipinski definition) is 3. The molecular weight excluding hydrogens is 264 g/mol. The van der Waals surface area contributed by atoms with Gasteiger partial charge in [-0.3, -0.25) is 0 Å². The Morgan fingerprint density at radius 1 is 1.10 bits per heavy atom. The number of aryl methyl sites for hydroxylation is 1. The van der Waals surface area contributed by atoms with Gasteiger partial charge in [0.25, 0.3) is 0 Å². The van der Waals surface area contributed by atoms with Crippen molar-refractivity contribution in [1.82, 2.24) is 10.6 Å². The zero-order chi connectivity index (χ0) is 15.1. The molecule has 110 valence electrons. The molecule has 2 rings (SSSR count). The van der Waals surface area contributed by atoms with Crippen LogP contribution in [0.25, 0.3) is 0 Å². The fraction of sp³-hybridized carbons (Fsp3) is 0.235. The highest BCUT2D eigenvalue weighted by Crippen LogP contribution is 2.11. The minimum absolute atomic E-state index is 0.137. The van der Waals surface area contributed by atoms with Crippen LogP contribution in [0.1, 0.15) is 22.7 Å². The normalized spacial score (nSPS) is 11.7. The standard InChI is InChI=1S/C17H20N2O2/c1-13-7-9-14(10-8-13)11-18-17(21)19-16(12-20)15-5-3-2-4-6-15/h2-10,16,20H,11-12H2,1H3,(H2,18,19,21). The van der Waals surface area contributed by atoms with E-state index in [-0.39, 0.29) is 12.6 Å². The summed E-state index contributed by atoms with van der Waals surface area (Å²) in [5.41, 5.74) is 3.11. The fourth-order valence-corrected chi connectivity index (χ4v) is 2.02. The van der Waals surface area contributed by atoms with Gasteiger partial charge in [-0.25, -0.2) is 4.79 Å². The second-order valence-corrected chi connectivity index (χ2v) is 4.96. The maximum absolute atomic E-state index is 11.9. The second-order valence-electron chi connectivity index (χ2n) is 4.96. The molecule has 2 aromatic rings. The summed E-state index contributed by atoms with van der Waals surface area (Å²) in [6.45, 7) is 2.34. The van der Waals surface area contributed by atoms with Gasteiger partial charge >= 0.3 is 6.03 Å². The van der Waals surface area contributed by atoms with Crippen LogP contribution in [0.5, 0.6) is 0 Å². The summed E-state index contributed by atoms with van der Waals surface area (Å²) in [5, 5.41) is 15.0. The maximum Gasteiger partial charge on any atom is 0.315 e. The topological polar surface area (TPSA) is 61.4 Å². The Morgan fingerprint density at radius 2 is 1.76 bits per heavy atom. The Balaban J connectivity index is 1.87. The molecule has 0 fully saturated rings. The monoisotopic (exact) mass is 284 g/mol. The van der Waals surface area contributed by atoms with E-state index in [4.69, 9.17) is 0 Å². The molecule has 0 saturated carbocycles. The highest BCUT2D eigenvalue weighted by atomic mass is 16.3. The molecule has 1 atom stereocenters. The molecule has 0 heterocycles. The lowest BCUT2D eigenvalue weighted by atomic mass is 10.1. The molecular formula is C17H20N2O2. The molecule has 4 heteroatoms. The van der Waals surface area contributed by atoms with E-state index in [2.05, 4.69) is 10.6 Å². The molecule has 2 aromatic carbocycles. The lowest BCUT2D eigenvalue weighted by Gasteiger charge is -2.17. The maximum atomic E-state index is 11.9. The van der Waals surface area contributed by atoms with E-state index < -0.39 is 6.04 Å². The largest absolute Gasteiger partial charge is 0.394 e. The van der Waals surface area contributed by atoms with Crippen molar-refractivity contribution in [1.29, 1.82) is 0 Å². The third kappa shape index (κ3) is 4.61. The van der Waals surface area contributed by atoms with Gasteiger partial charge in [0.05, 0.1) is 12.6 Å². The van der Waals surface area contributed by atoms with Gasteiger partial charge in [0.1, 0.15) is 0 Å². The third-order valence-electron chi connectivity index (χ3n) is 3.26. The summed E-state index contributed by atoms with van der Waals surface area (Å²) in [5.74, 6) is 0. The molecule has 1 unspecified atom stereocenters. The first-order chi connectivity index (χ1) is 10.2. The third-order valence-corrected chi connectivity index (χ3v) is 3.26. The SMILES string of the molecule is Cc1ccc(CNC(=O)NC(CO)c2ccccc2)cc1. The van der Waals surface area contributed by atoms with Crippen LogP contribution < -0.4 is 10.6 Å². The van der Waals surface area contributed by atoms with E-state index in [0.717, 1.165) is 11.1 Å². The minimum atomic E-state index is -0.399. The molecule has 0 bridgehead atoms. The molecule has 0 aliphatic heterocycles. The Morgan fingerprint density at radius 3 is 2.38 bits per heavy atom. The van der Waals surface area contributed by atoms with Crippen molar-refractivity contribution in [2.24, 2.45) is 0 Å². The van der Waals surface area contributed by atoms with Gasteiger partial charge in [0.15, 0.2) is 0 Å². The van der Waals surface area contributed by atoms with E-state index >= 15 is 0 Å². The number of hydrogen-bond acceptors (Lipinski definition) is 2. The van der Waals surface area contributed by atoms with Crippen LogP contribution in [0.4, 0.5) is 4.79 Å². The average Bonchev–Trinajstić information content (AvgIpc) is 2.53. The van der Waals surface area contributed by atoms with Gasteiger partial charge in [0.2, 0.25) is 0 Å². The van der Waals surface area contributed by atoms with Crippen molar-refractivity contribution >= 4 is 6.03 Å².